The summed E-state index contributed by atoms with van der Waals surface area (Å²) in [4.78, 5) is 0. The highest BCUT2D eigenvalue weighted by Gasteiger charge is 2.21. The number of aliphatic hydroxyl groups excluding tert-OH is 1. The largest absolute Gasteiger partial charge is 0.392 e. The van der Waals surface area contributed by atoms with E-state index in [0.717, 1.165) is 31.5 Å². The van der Waals surface area contributed by atoms with E-state index in [2.05, 4.69) is 16.0 Å². The van der Waals surface area contributed by atoms with Crippen LogP contribution in [-0.4, -0.2) is 50.0 Å². The van der Waals surface area contributed by atoms with Crippen LogP contribution >= 0.6 is 0 Å². The number of rotatable bonds is 12. The van der Waals surface area contributed by atoms with Crippen LogP contribution in [0.15, 0.2) is 0 Å². The normalized spacial score (nSPS) is 23.6. The highest BCUT2D eigenvalue weighted by Crippen LogP contribution is 2.28. The van der Waals surface area contributed by atoms with Gasteiger partial charge in [-0.05, 0) is 45.2 Å². The first-order chi connectivity index (χ1) is 12.2. The molecule has 0 bridgehead atoms. The van der Waals surface area contributed by atoms with Crippen molar-refractivity contribution in [2.75, 3.05) is 26.7 Å². The SMILES string of the molecule is CNC[C@H](CC1CCCCC1)NC[C@H](NCCC1CCCC1)[C@H](C)O. The molecule has 4 nitrogen and oxygen atoms in total. The summed E-state index contributed by atoms with van der Waals surface area (Å²) in [5, 5.41) is 20.9. The fourth-order valence-electron chi connectivity index (χ4n) is 4.79. The Kier molecular flexibility index (Phi) is 10.4. The Morgan fingerprint density at radius 1 is 0.880 bits per heavy atom. The van der Waals surface area contributed by atoms with Gasteiger partial charge in [0.05, 0.1) is 6.10 Å². The monoisotopic (exact) mass is 353 g/mol. The quantitative estimate of drug-likeness (QED) is 0.436. The summed E-state index contributed by atoms with van der Waals surface area (Å²) < 4.78 is 0. The molecule has 0 heterocycles. The first kappa shape index (κ1) is 21.1. The number of likely N-dealkylation sites (N-methyl/N-ethyl adjacent to an activating group) is 1. The molecule has 148 valence electrons. The Morgan fingerprint density at radius 3 is 2.16 bits per heavy atom. The van der Waals surface area contributed by atoms with E-state index in [1.54, 1.807) is 0 Å². The van der Waals surface area contributed by atoms with Gasteiger partial charge in [0.2, 0.25) is 0 Å². The van der Waals surface area contributed by atoms with Gasteiger partial charge in [0.15, 0.2) is 0 Å². The molecule has 2 rings (SSSR count). The number of nitrogens with one attached hydrogen (secondary N) is 3. The maximum Gasteiger partial charge on any atom is 0.0677 e. The average Bonchev–Trinajstić information content (AvgIpc) is 3.12. The molecule has 0 aromatic heterocycles. The van der Waals surface area contributed by atoms with Gasteiger partial charge in [-0.3, -0.25) is 0 Å². The number of hydrogen-bond donors (Lipinski definition) is 4. The summed E-state index contributed by atoms with van der Waals surface area (Å²) >= 11 is 0. The van der Waals surface area contributed by atoms with Gasteiger partial charge < -0.3 is 21.1 Å². The summed E-state index contributed by atoms with van der Waals surface area (Å²) in [5.41, 5.74) is 0. The van der Waals surface area contributed by atoms with Crippen LogP contribution in [0.25, 0.3) is 0 Å². The summed E-state index contributed by atoms with van der Waals surface area (Å²) in [5.74, 6) is 1.80. The molecular formula is C21H43N3O. The van der Waals surface area contributed by atoms with Crippen LogP contribution < -0.4 is 16.0 Å². The van der Waals surface area contributed by atoms with E-state index in [1.165, 1.54) is 70.6 Å². The summed E-state index contributed by atoms with van der Waals surface area (Å²) in [6.45, 7) is 4.84. The van der Waals surface area contributed by atoms with Crippen LogP contribution in [0.1, 0.15) is 77.6 Å². The molecule has 2 aliphatic rings. The zero-order valence-electron chi connectivity index (χ0n) is 16.7. The van der Waals surface area contributed by atoms with Crippen LogP contribution in [0, 0.1) is 11.8 Å². The Morgan fingerprint density at radius 2 is 1.52 bits per heavy atom. The van der Waals surface area contributed by atoms with Crippen LogP contribution in [0.4, 0.5) is 0 Å². The minimum atomic E-state index is -0.305. The molecule has 0 radical (unpaired) electrons. The second kappa shape index (κ2) is 12.3. The molecule has 0 unspecified atom stereocenters. The van der Waals surface area contributed by atoms with Gasteiger partial charge in [-0.25, -0.2) is 0 Å². The third kappa shape index (κ3) is 8.38. The predicted octanol–water partition coefficient (Wildman–Crippen LogP) is 3.05. The lowest BCUT2D eigenvalue weighted by atomic mass is 9.84. The molecule has 0 spiro atoms. The number of aliphatic hydroxyl groups is 1. The molecule has 2 saturated carbocycles. The standard InChI is InChI=1S/C21H43N3O/c1-17(25)21(23-13-12-18-8-6-7-9-18)16-24-20(15-22-2)14-19-10-4-3-5-11-19/h17-25H,3-16H2,1-2H3/t17-,20-,21-/m0/s1. The minimum absolute atomic E-state index is 0.159. The van der Waals surface area contributed by atoms with Crippen molar-refractivity contribution >= 4 is 0 Å². The summed E-state index contributed by atoms with van der Waals surface area (Å²) in [6.07, 6.45) is 14.9. The van der Waals surface area contributed by atoms with E-state index in [0.29, 0.717) is 6.04 Å². The molecule has 0 aliphatic heterocycles. The molecule has 2 aliphatic carbocycles. The lowest BCUT2D eigenvalue weighted by Gasteiger charge is -2.30. The second-order valence-corrected chi connectivity index (χ2v) is 8.64. The van der Waals surface area contributed by atoms with Crippen molar-refractivity contribution < 1.29 is 5.11 Å². The molecule has 4 N–H and O–H groups in total. The van der Waals surface area contributed by atoms with Gasteiger partial charge in [0.1, 0.15) is 0 Å². The van der Waals surface area contributed by atoms with Crippen molar-refractivity contribution in [2.24, 2.45) is 11.8 Å². The van der Waals surface area contributed by atoms with Crippen molar-refractivity contribution in [3.05, 3.63) is 0 Å². The molecule has 25 heavy (non-hydrogen) atoms. The molecule has 3 atom stereocenters. The molecule has 0 aromatic carbocycles. The first-order valence-corrected chi connectivity index (χ1v) is 11.0. The lowest BCUT2D eigenvalue weighted by molar-refractivity contribution is 0.139. The average molecular weight is 354 g/mol. The minimum Gasteiger partial charge on any atom is -0.392 e. The predicted molar refractivity (Wildman–Crippen MR) is 107 cm³/mol. The van der Waals surface area contributed by atoms with Crippen molar-refractivity contribution in [3.8, 4) is 0 Å². The van der Waals surface area contributed by atoms with Crippen molar-refractivity contribution in [2.45, 2.75) is 95.7 Å². The van der Waals surface area contributed by atoms with Crippen molar-refractivity contribution in [1.82, 2.24) is 16.0 Å². The Hall–Kier alpha value is -0.160. The van der Waals surface area contributed by atoms with Crippen LogP contribution in [0.2, 0.25) is 0 Å². The van der Waals surface area contributed by atoms with Gasteiger partial charge in [-0.15, -0.1) is 0 Å². The maximum atomic E-state index is 10.2. The summed E-state index contributed by atoms with van der Waals surface area (Å²) in [6, 6.07) is 0.679. The third-order valence-corrected chi connectivity index (χ3v) is 6.44. The molecule has 0 saturated heterocycles. The van der Waals surface area contributed by atoms with E-state index in [-0.39, 0.29) is 12.1 Å². The maximum absolute atomic E-state index is 10.2. The topological polar surface area (TPSA) is 56.3 Å². The van der Waals surface area contributed by atoms with Crippen LogP contribution in [-0.2, 0) is 0 Å². The zero-order chi connectivity index (χ0) is 17.9. The smallest absolute Gasteiger partial charge is 0.0677 e. The van der Waals surface area contributed by atoms with Gasteiger partial charge in [0.25, 0.3) is 0 Å². The van der Waals surface area contributed by atoms with E-state index in [4.69, 9.17) is 0 Å². The molecule has 0 amide bonds. The molecule has 4 heteroatoms. The van der Waals surface area contributed by atoms with Crippen LogP contribution in [0.5, 0.6) is 0 Å². The Balaban J connectivity index is 1.69. The van der Waals surface area contributed by atoms with E-state index in [1.807, 2.05) is 14.0 Å². The van der Waals surface area contributed by atoms with Gasteiger partial charge in [-0.2, -0.15) is 0 Å². The fraction of sp³-hybridized carbons (Fsp3) is 1.00. The van der Waals surface area contributed by atoms with Crippen molar-refractivity contribution in [1.29, 1.82) is 0 Å². The Labute approximate surface area is 155 Å². The van der Waals surface area contributed by atoms with Gasteiger partial charge in [-0.1, -0.05) is 57.8 Å². The van der Waals surface area contributed by atoms with E-state index in [9.17, 15) is 5.11 Å². The van der Waals surface area contributed by atoms with Gasteiger partial charge >= 0.3 is 0 Å². The van der Waals surface area contributed by atoms with E-state index < -0.39 is 0 Å². The summed E-state index contributed by atoms with van der Waals surface area (Å²) in [7, 11) is 2.04. The van der Waals surface area contributed by atoms with Crippen LogP contribution in [0.3, 0.4) is 0 Å². The molecular weight excluding hydrogens is 310 g/mol. The lowest BCUT2D eigenvalue weighted by Crippen LogP contribution is -2.50. The van der Waals surface area contributed by atoms with Gasteiger partial charge in [0, 0.05) is 25.2 Å². The third-order valence-electron chi connectivity index (χ3n) is 6.44. The second-order valence-electron chi connectivity index (χ2n) is 8.64. The highest BCUT2D eigenvalue weighted by molar-refractivity contribution is 4.82. The van der Waals surface area contributed by atoms with Crippen molar-refractivity contribution in [3.63, 3.8) is 0 Å². The fourth-order valence-corrected chi connectivity index (χ4v) is 4.79. The zero-order valence-corrected chi connectivity index (χ0v) is 16.7. The highest BCUT2D eigenvalue weighted by atomic mass is 16.3. The Bertz CT molecular complexity index is 325. The first-order valence-electron chi connectivity index (χ1n) is 11.0. The van der Waals surface area contributed by atoms with E-state index >= 15 is 0 Å². The number of hydrogen-bond acceptors (Lipinski definition) is 4. The molecule has 0 aromatic rings. The molecule has 2 fully saturated rings.